The van der Waals surface area contributed by atoms with Gasteiger partial charge in [0.05, 0.1) is 11.6 Å². The Balaban J connectivity index is 1.90. The number of carbonyl (C=O) groups is 1. The summed E-state index contributed by atoms with van der Waals surface area (Å²) in [6.07, 6.45) is 19.0. The summed E-state index contributed by atoms with van der Waals surface area (Å²) in [5.41, 5.74) is 3.24. The number of aryl methyl sites for hydroxylation is 2. The molecule has 0 heterocycles. The van der Waals surface area contributed by atoms with E-state index in [2.05, 4.69) is 31.1 Å². The first-order chi connectivity index (χ1) is 18.3. The predicted molar refractivity (Wildman–Crippen MR) is 166 cm³/mol. The van der Waals surface area contributed by atoms with E-state index in [0.717, 1.165) is 75.6 Å². The molecule has 0 saturated heterocycles. The minimum absolute atomic E-state index is 0.430. The monoisotopic (exact) mass is 563 g/mol. The lowest BCUT2D eigenvalue weighted by atomic mass is 9.99. The Morgan fingerprint density at radius 1 is 0.921 bits per heavy atom. The van der Waals surface area contributed by atoms with Gasteiger partial charge in [0.15, 0.2) is 0 Å². The highest BCUT2D eigenvalue weighted by Crippen LogP contribution is 2.56. The Kier molecular flexibility index (Phi) is 19.9. The standard InChI is InChI=1S/C31H54N3O2PS/c1-5-25-38-37(36,34(3)4)33-24-18-13-11-9-7-6-8-10-12-16-20-31(35)21-17-14-15-19-30-23-22-29(27-32)26-28(30)2/h22-23,26H,5-21,24-25H2,1-4H3,(H,33,36). The maximum absolute atomic E-state index is 12.9. The van der Waals surface area contributed by atoms with Crippen molar-refractivity contribution in [3.8, 4) is 6.07 Å². The molecule has 216 valence electrons. The molecular formula is C31H54N3O2PS. The summed E-state index contributed by atoms with van der Waals surface area (Å²) in [5.74, 6) is 1.36. The van der Waals surface area contributed by atoms with Crippen molar-refractivity contribution in [3.63, 3.8) is 0 Å². The minimum atomic E-state index is -2.45. The summed E-state index contributed by atoms with van der Waals surface area (Å²) in [5, 5.41) is 12.3. The zero-order chi connectivity index (χ0) is 28.1. The lowest BCUT2D eigenvalue weighted by molar-refractivity contribution is -0.119. The van der Waals surface area contributed by atoms with Crippen LogP contribution in [0.5, 0.6) is 0 Å². The number of nitrogens with zero attached hydrogens (tertiary/aromatic N) is 2. The molecule has 1 atom stereocenters. The van der Waals surface area contributed by atoms with Gasteiger partial charge in [0.1, 0.15) is 5.78 Å². The second-order valence-electron chi connectivity index (χ2n) is 10.7. The predicted octanol–water partition coefficient (Wildman–Crippen LogP) is 9.23. The van der Waals surface area contributed by atoms with Crippen molar-refractivity contribution in [2.45, 2.75) is 123 Å². The highest BCUT2D eigenvalue weighted by atomic mass is 32.7. The molecule has 0 saturated carbocycles. The van der Waals surface area contributed by atoms with Gasteiger partial charge in [0, 0.05) is 25.1 Å². The van der Waals surface area contributed by atoms with Gasteiger partial charge in [-0.15, -0.1) is 0 Å². The molecule has 0 spiro atoms. The van der Waals surface area contributed by atoms with Crippen LogP contribution >= 0.6 is 18.0 Å². The fraction of sp³-hybridized carbons (Fsp3) is 0.742. The molecule has 0 aliphatic heterocycles. The molecule has 38 heavy (non-hydrogen) atoms. The minimum Gasteiger partial charge on any atom is -0.300 e. The first-order valence-electron chi connectivity index (χ1n) is 15.0. The average molecular weight is 564 g/mol. The zero-order valence-electron chi connectivity index (χ0n) is 24.7. The molecule has 0 aromatic heterocycles. The third kappa shape index (κ3) is 16.1. The smallest absolute Gasteiger partial charge is 0.268 e. The van der Waals surface area contributed by atoms with E-state index >= 15 is 0 Å². The van der Waals surface area contributed by atoms with Crippen LogP contribution in [0.1, 0.15) is 126 Å². The molecule has 0 aliphatic carbocycles. The van der Waals surface area contributed by atoms with Gasteiger partial charge in [-0.1, -0.05) is 82.2 Å². The van der Waals surface area contributed by atoms with E-state index in [-0.39, 0.29) is 0 Å². The summed E-state index contributed by atoms with van der Waals surface area (Å²) >= 11 is 1.57. The molecule has 1 aromatic carbocycles. The summed E-state index contributed by atoms with van der Waals surface area (Å²) in [6.45, 7) is 2.59. The second kappa shape index (κ2) is 21.7. The number of Topliss-reactive ketones (excluding diaryl/α,β-unsaturated/α-hetero) is 1. The Bertz CT molecular complexity index is 869. The van der Waals surface area contributed by atoms with E-state index < -0.39 is 6.65 Å². The van der Waals surface area contributed by atoms with Gasteiger partial charge in [-0.05, 0) is 82.8 Å². The summed E-state index contributed by atoms with van der Waals surface area (Å²) < 4.78 is 14.7. The Morgan fingerprint density at radius 3 is 2.00 bits per heavy atom. The van der Waals surface area contributed by atoms with E-state index in [1.54, 1.807) is 11.4 Å². The zero-order valence-corrected chi connectivity index (χ0v) is 26.4. The Morgan fingerprint density at radius 2 is 1.47 bits per heavy atom. The number of nitrogens with one attached hydrogen (secondary N) is 1. The SMILES string of the molecule is CCCSP(=O)(NCCCCCCCCCCCCC(=O)CCCCCc1ccc(C#N)cc1C)N(C)C. The normalized spacial score (nSPS) is 12.9. The number of unbranched alkanes of at least 4 members (excludes halogenated alkanes) is 11. The topological polar surface area (TPSA) is 73.2 Å². The largest absolute Gasteiger partial charge is 0.300 e. The highest BCUT2D eigenvalue weighted by molar-refractivity contribution is 8.56. The molecule has 1 unspecified atom stereocenters. The highest BCUT2D eigenvalue weighted by Gasteiger charge is 2.24. The molecule has 1 N–H and O–H groups in total. The summed E-state index contributed by atoms with van der Waals surface area (Å²) in [4.78, 5) is 12.2. The third-order valence-electron chi connectivity index (χ3n) is 7.06. The molecule has 1 rings (SSSR count). The van der Waals surface area contributed by atoms with Gasteiger partial charge in [0.25, 0.3) is 6.65 Å². The van der Waals surface area contributed by atoms with E-state index in [4.69, 9.17) is 5.26 Å². The quantitative estimate of drug-likeness (QED) is 0.0998. The summed E-state index contributed by atoms with van der Waals surface area (Å²) in [7, 11) is 3.80. The molecule has 0 fully saturated rings. The van der Waals surface area contributed by atoms with Crippen molar-refractivity contribution < 1.29 is 9.36 Å². The van der Waals surface area contributed by atoms with Crippen LogP contribution in [0.4, 0.5) is 0 Å². The van der Waals surface area contributed by atoms with Crippen LogP contribution in [-0.2, 0) is 15.8 Å². The second-order valence-corrected chi connectivity index (χ2v) is 15.8. The molecule has 0 bridgehead atoms. The Hall–Kier alpha value is -1.12. The maximum atomic E-state index is 12.9. The number of nitriles is 1. The fourth-order valence-electron chi connectivity index (χ4n) is 4.58. The van der Waals surface area contributed by atoms with Crippen LogP contribution in [0.25, 0.3) is 0 Å². The van der Waals surface area contributed by atoms with E-state index in [1.807, 2.05) is 30.9 Å². The number of benzene rings is 1. The number of hydrogen-bond donors (Lipinski definition) is 1. The number of rotatable bonds is 24. The van der Waals surface area contributed by atoms with E-state index in [0.29, 0.717) is 5.78 Å². The van der Waals surface area contributed by atoms with Crippen LogP contribution in [0, 0.1) is 18.3 Å². The molecule has 5 nitrogen and oxygen atoms in total. The average Bonchev–Trinajstić information content (AvgIpc) is 2.90. The van der Waals surface area contributed by atoms with Crippen LogP contribution in [-0.4, -0.2) is 36.8 Å². The van der Waals surface area contributed by atoms with E-state index in [1.165, 1.54) is 62.5 Å². The first-order valence-corrected chi connectivity index (χ1v) is 18.3. The summed E-state index contributed by atoms with van der Waals surface area (Å²) in [6, 6.07) is 8.11. The first kappa shape index (κ1) is 34.9. The van der Waals surface area contributed by atoms with Gasteiger partial charge < -0.3 is 0 Å². The number of ketones is 1. The van der Waals surface area contributed by atoms with E-state index in [9.17, 15) is 9.36 Å². The number of carbonyl (C=O) groups excluding carboxylic acids is 1. The van der Waals surface area contributed by atoms with Crippen molar-refractivity contribution in [3.05, 3.63) is 34.9 Å². The lowest BCUT2D eigenvalue weighted by Gasteiger charge is -2.24. The molecule has 0 aliphatic rings. The number of hydrogen-bond acceptors (Lipinski definition) is 4. The third-order valence-corrected chi connectivity index (χ3v) is 12.6. The van der Waals surface area contributed by atoms with Crippen molar-refractivity contribution in [2.75, 3.05) is 26.4 Å². The molecule has 0 amide bonds. The molecule has 0 radical (unpaired) electrons. The van der Waals surface area contributed by atoms with Crippen LogP contribution in [0.2, 0.25) is 0 Å². The van der Waals surface area contributed by atoms with Crippen molar-refractivity contribution in [1.29, 1.82) is 5.26 Å². The lowest BCUT2D eigenvalue weighted by Crippen LogP contribution is -2.20. The Labute approximate surface area is 238 Å². The van der Waals surface area contributed by atoms with Crippen LogP contribution in [0.3, 0.4) is 0 Å². The van der Waals surface area contributed by atoms with Crippen molar-refractivity contribution in [2.24, 2.45) is 0 Å². The van der Waals surface area contributed by atoms with Gasteiger partial charge in [-0.2, -0.15) is 5.26 Å². The van der Waals surface area contributed by atoms with Crippen molar-refractivity contribution in [1.82, 2.24) is 9.76 Å². The van der Waals surface area contributed by atoms with Gasteiger partial charge >= 0.3 is 0 Å². The van der Waals surface area contributed by atoms with Crippen molar-refractivity contribution >= 4 is 23.8 Å². The van der Waals surface area contributed by atoms with Gasteiger partial charge in [-0.3, -0.25) is 9.36 Å². The molecule has 1 aromatic rings. The fourth-order valence-corrected chi connectivity index (χ4v) is 8.59. The molecule has 7 heteroatoms. The molecular weight excluding hydrogens is 509 g/mol. The van der Waals surface area contributed by atoms with Gasteiger partial charge in [-0.25, -0.2) is 9.76 Å². The van der Waals surface area contributed by atoms with Gasteiger partial charge in [0.2, 0.25) is 0 Å². The van der Waals surface area contributed by atoms with Crippen LogP contribution < -0.4 is 5.09 Å². The maximum Gasteiger partial charge on any atom is 0.268 e. The van der Waals surface area contributed by atoms with Crippen LogP contribution in [0.15, 0.2) is 18.2 Å².